The fraction of sp³-hybridized carbons (Fsp3) is 0.900. The molecule has 2 rings (SSSR count). The van der Waals surface area contributed by atoms with Gasteiger partial charge in [-0.2, -0.15) is 0 Å². The molecule has 0 aromatic carbocycles. The summed E-state index contributed by atoms with van der Waals surface area (Å²) in [5.41, 5.74) is 2.18. The van der Waals surface area contributed by atoms with Gasteiger partial charge >= 0.3 is 0 Å². The van der Waals surface area contributed by atoms with Gasteiger partial charge in [0.25, 0.3) is 0 Å². The highest BCUT2D eigenvalue weighted by Gasteiger charge is 2.27. The summed E-state index contributed by atoms with van der Waals surface area (Å²) < 4.78 is 5.84. The van der Waals surface area contributed by atoms with Crippen LogP contribution in [0.5, 0.6) is 0 Å². The second kappa shape index (κ2) is 7.49. The molecule has 22 heavy (non-hydrogen) atoms. The third-order valence-corrected chi connectivity index (χ3v) is 5.41. The van der Waals surface area contributed by atoms with Gasteiger partial charge in [-0.05, 0) is 56.8 Å². The van der Waals surface area contributed by atoms with E-state index in [1.54, 1.807) is 5.57 Å². The Morgan fingerprint density at radius 1 is 1.23 bits per heavy atom. The van der Waals surface area contributed by atoms with E-state index in [-0.39, 0.29) is 0 Å². The van der Waals surface area contributed by atoms with Crippen molar-refractivity contribution < 1.29 is 4.74 Å². The lowest BCUT2D eigenvalue weighted by molar-refractivity contribution is -0.0709. The van der Waals surface area contributed by atoms with E-state index in [1.807, 2.05) is 0 Å². The number of ether oxygens (including phenoxy) is 1. The summed E-state index contributed by atoms with van der Waals surface area (Å²) >= 11 is 0. The lowest BCUT2D eigenvalue weighted by Crippen LogP contribution is -2.46. The molecule has 4 atom stereocenters. The Morgan fingerprint density at radius 3 is 2.36 bits per heavy atom. The van der Waals surface area contributed by atoms with Crippen molar-refractivity contribution in [2.75, 3.05) is 19.6 Å². The number of rotatable bonds is 4. The van der Waals surface area contributed by atoms with Crippen LogP contribution in [0.3, 0.4) is 0 Å². The molecule has 1 heterocycles. The van der Waals surface area contributed by atoms with Crippen LogP contribution in [-0.2, 0) is 4.74 Å². The van der Waals surface area contributed by atoms with Crippen molar-refractivity contribution in [3.63, 3.8) is 0 Å². The van der Waals surface area contributed by atoms with Gasteiger partial charge in [0, 0.05) is 19.6 Å². The maximum atomic E-state index is 5.84. The van der Waals surface area contributed by atoms with Gasteiger partial charge in [0.1, 0.15) is 0 Å². The summed E-state index contributed by atoms with van der Waals surface area (Å²) in [6.07, 6.45) is 8.61. The molecule has 2 heteroatoms. The Kier molecular flexibility index (Phi) is 6.13. The summed E-state index contributed by atoms with van der Waals surface area (Å²) in [4.78, 5) is 2.60. The van der Waals surface area contributed by atoms with E-state index >= 15 is 0 Å². The summed E-state index contributed by atoms with van der Waals surface area (Å²) in [5, 5.41) is 0. The van der Waals surface area contributed by atoms with E-state index in [0.29, 0.717) is 17.6 Å². The SMILES string of the molecule is CC(CC1=CCC(C(C)(C)C)CC1)CN1C[C@@H](C)O[C@@H](C)C1. The van der Waals surface area contributed by atoms with Crippen molar-refractivity contribution in [3.8, 4) is 0 Å². The fourth-order valence-electron chi connectivity index (χ4n) is 4.25. The third kappa shape index (κ3) is 5.38. The molecule has 2 unspecified atom stereocenters. The zero-order valence-corrected chi connectivity index (χ0v) is 15.7. The number of hydrogen-bond donors (Lipinski definition) is 0. The van der Waals surface area contributed by atoms with Gasteiger partial charge in [-0.3, -0.25) is 4.90 Å². The minimum absolute atomic E-state index is 0.386. The molecule has 1 saturated heterocycles. The first kappa shape index (κ1) is 18.0. The average molecular weight is 308 g/mol. The molecule has 2 nitrogen and oxygen atoms in total. The summed E-state index contributed by atoms with van der Waals surface area (Å²) in [5.74, 6) is 1.63. The monoisotopic (exact) mass is 307 g/mol. The molecule has 1 aliphatic carbocycles. The van der Waals surface area contributed by atoms with Crippen LogP contribution in [-0.4, -0.2) is 36.7 Å². The molecule has 0 saturated carbocycles. The van der Waals surface area contributed by atoms with E-state index in [4.69, 9.17) is 4.74 Å². The molecule has 0 spiro atoms. The molecule has 0 radical (unpaired) electrons. The Balaban J connectivity index is 1.78. The van der Waals surface area contributed by atoms with Crippen LogP contribution < -0.4 is 0 Å². The summed E-state index contributed by atoms with van der Waals surface area (Å²) in [6.45, 7) is 17.4. The van der Waals surface area contributed by atoms with Gasteiger partial charge in [0.05, 0.1) is 12.2 Å². The van der Waals surface area contributed by atoms with E-state index in [1.165, 1.54) is 32.2 Å². The Hall–Kier alpha value is -0.340. The van der Waals surface area contributed by atoms with Crippen molar-refractivity contribution in [1.29, 1.82) is 0 Å². The quantitative estimate of drug-likeness (QED) is 0.685. The molecule has 2 aliphatic rings. The second-order valence-corrected chi connectivity index (χ2v) is 8.98. The van der Waals surface area contributed by atoms with Crippen molar-refractivity contribution >= 4 is 0 Å². The fourth-order valence-corrected chi connectivity index (χ4v) is 4.25. The average Bonchev–Trinajstić information content (AvgIpc) is 2.36. The van der Waals surface area contributed by atoms with Crippen molar-refractivity contribution in [3.05, 3.63) is 11.6 Å². The van der Waals surface area contributed by atoms with Crippen LogP contribution >= 0.6 is 0 Å². The van der Waals surface area contributed by atoms with Gasteiger partial charge in [-0.1, -0.05) is 39.3 Å². The number of allylic oxidation sites excluding steroid dienone is 2. The summed E-state index contributed by atoms with van der Waals surface area (Å²) in [7, 11) is 0. The highest BCUT2D eigenvalue weighted by atomic mass is 16.5. The molecule has 1 fully saturated rings. The Bertz CT molecular complexity index is 372. The molecule has 0 aromatic heterocycles. The first-order valence-electron chi connectivity index (χ1n) is 9.29. The van der Waals surface area contributed by atoms with Crippen molar-refractivity contribution in [2.45, 2.75) is 79.4 Å². The lowest BCUT2D eigenvalue weighted by Gasteiger charge is -2.37. The van der Waals surface area contributed by atoms with Crippen molar-refractivity contribution in [2.24, 2.45) is 17.3 Å². The third-order valence-electron chi connectivity index (χ3n) is 5.41. The summed E-state index contributed by atoms with van der Waals surface area (Å²) in [6, 6.07) is 0. The molecular weight excluding hydrogens is 270 g/mol. The number of hydrogen-bond acceptors (Lipinski definition) is 2. The molecule has 128 valence electrons. The zero-order valence-electron chi connectivity index (χ0n) is 15.7. The second-order valence-electron chi connectivity index (χ2n) is 8.98. The highest BCUT2D eigenvalue weighted by Crippen LogP contribution is 2.38. The molecule has 1 aliphatic heterocycles. The lowest BCUT2D eigenvalue weighted by atomic mass is 9.72. The minimum atomic E-state index is 0.386. The zero-order chi connectivity index (χ0) is 16.3. The van der Waals surface area contributed by atoms with E-state index < -0.39 is 0 Å². The maximum Gasteiger partial charge on any atom is 0.0678 e. The maximum absolute atomic E-state index is 5.84. The topological polar surface area (TPSA) is 12.5 Å². The van der Waals surface area contributed by atoms with E-state index in [2.05, 4.69) is 52.5 Å². The Morgan fingerprint density at radius 2 is 1.86 bits per heavy atom. The van der Waals surface area contributed by atoms with Gasteiger partial charge < -0.3 is 4.74 Å². The smallest absolute Gasteiger partial charge is 0.0678 e. The molecule has 0 bridgehead atoms. The van der Waals surface area contributed by atoms with Crippen LogP contribution in [0.2, 0.25) is 0 Å². The van der Waals surface area contributed by atoms with Crippen molar-refractivity contribution in [1.82, 2.24) is 4.90 Å². The van der Waals surface area contributed by atoms with Crippen LogP contribution in [0.1, 0.15) is 67.2 Å². The normalized spacial score (nSPS) is 32.6. The van der Waals surface area contributed by atoms with Gasteiger partial charge in [-0.15, -0.1) is 0 Å². The number of morpholine rings is 1. The van der Waals surface area contributed by atoms with Crippen LogP contribution in [0, 0.1) is 17.3 Å². The predicted molar refractivity (Wildman–Crippen MR) is 95.1 cm³/mol. The van der Waals surface area contributed by atoms with Gasteiger partial charge in [-0.25, -0.2) is 0 Å². The molecule has 0 amide bonds. The Labute approximate surface area is 138 Å². The minimum Gasteiger partial charge on any atom is -0.373 e. The number of nitrogens with zero attached hydrogens (tertiary/aromatic N) is 1. The van der Waals surface area contributed by atoms with Crippen LogP contribution in [0.25, 0.3) is 0 Å². The first-order chi connectivity index (χ1) is 10.2. The van der Waals surface area contributed by atoms with Crippen LogP contribution in [0.15, 0.2) is 11.6 Å². The van der Waals surface area contributed by atoms with Gasteiger partial charge in [0.15, 0.2) is 0 Å². The standard InChI is InChI=1S/C20H37NO/c1-15(12-21-13-16(2)22-17(3)14-21)11-18-7-9-19(10-8-18)20(4,5)6/h7,15-17,19H,8-14H2,1-6H3/t15?,16-,17+,19?. The highest BCUT2D eigenvalue weighted by molar-refractivity contribution is 5.08. The first-order valence-corrected chi connectivity index (χ1v) is 9.29. The molecule has 0 N–H and O–H groups in total. The molecular formula is C20H37NO. The van der Waals surface area contributed by atoms with Gasteiger partial charge in [0.2, 0.25) is 0 Å². The molecule has 0 aromatic rings. The van der Waals surface area contributed by atoms with E-state index in [0.717, 1.165) is 24.9 Å². The predicted octanol–water partition coefficient (Wildman–Crippen LogP) is 4.89. The largest absolute Gasteiger partial charge is 0.373 e. The van der Waals surface area contributed by atoms with Crippen LogP contribution in [0.4, 0.5) is 0 Å². The van der Waals surface area contributed by atoms with E-state index in [9.17, 15) is 0 Å².